The van der Waals surface area contributed by atoms with Crippen LogP contribution in [0.5, 0.6) is 0 Å². The van der Waals surface area contributed by atoms with Gasteiger partial charge in [0.1, 0.15) is 0 Å². The Bertz CT molecular complexity index is 745. The summed E-state index contributed by atoms with van der Waals surface area (Å²) < 4.78 is 1.68. The summed E-state index contributed by atoms with van der Waals surface area (Å²) in [6.45, 7) is 2.36. The Morgan fingerprint density at radius 1 is 1.24 bits per heavy atom. The van der Waals surface area contributed by atoms with Crippen LogP contribution in [0.15, 0.2) is 40.5 Å². The molecular weight excluding hydrogens is 332 g/mol. The molecule has 0 radical (unpaired) electrons. The van der Waals surface area contributed by atoms with Crippen molar-refractivity contribution in [1.29, 1.82) is 0 Å². The number of aryl methyl sites for hydroxylation is 1. The lowest BCUT2D eigenvalue weighted by atomic mass is 9.81. The fraction of sp³-hybridized carbons (Fsp3) is 0.500. The predicted octanol–water partition coefficient (Wildman–Crippen LogP) is 4.05. The monoisotopic (exact) mass is 358 g/mol. The molecule has 1 atom stereocenters. The van der Waals surface area contributed by atoms with Gasteiger partial charge in [0, 0.05) is 24.0 Å². The molecule has 0 spiro atoms. The summed E-state index contributed by atoms with van der Waals surface area (Å²) in [5, 5.41) is 5.10. The molecule has 0 aliphatic heterocycles. The van der Waals surface area contributed by atoms with Crippen molar-refractivity contribution in [2.24, 2.45) is 5.92 Å². The van der Waals surface area contributed by atoms with Crippen LogP contribution in [-0.2, 0) is 11.3 Å². The molecule has 1 N–H and O–H groups in total. The first kappa shape index (κ1) is 17.9. The molecule has 5 heteroatoms. The number of hydrogen-bond acceptors (Lipinski definition) is 3. The van der Waals surface area contributed by atoms with E-state index in [0.29, 0.717) is 18.9 Å². The van der Waals surface area contributed by atoms with E-state index in [-0.39, 0.29) is 16.8 Å². The Morgan fingerprint density at radius 2 is 1.96 bits per heavy atom. The summed E-state index contributed by atoms with van der Waals surface area (Å²) in [7, 11) is 0. The standard InChI is InChI=1S/C20H26N2O2S/c1-15-14-25-20(24)22(15)13-12-18(23)21-19(16-8-4-2-5-9-16)17-10-6-3-7-11-17/h2,4-5,8-9,14,17,19H,3,6-7,10-13H2,1H3,(H,21,23). The molecular formula is C20H26N2O2S. The topological polar surface area (TPSA) is 51.1 Å². The van der Waals surface area contributed by atoms with E-state index in [9.17, 15) is 9.59 Å². The van der Waals surface area contributed by atoms with Crippen molar-refractivity contribution in [3.63, 3.8) is 0 Å². The van der Waals surface area contributed by atoms with Crippen molar-refractivity contribution in [3.05, 3.63) is 56.6 Å². The summed E-state index contributed by atoms with van der Waals surface area (Å²) in [6.07, 6.45) is 6.46. The zero-order chi connectivity index (χ0) is 17.6. The van der Waals surface area contributed by atoms with Crippen molar-refractivity contribution in [2.75, 3.05) is 0 Å². The van der Waals surface area contributed by atoms with Gasteiger partial charge in [0.15, 0.2) is 0 Å². The van der Waals surface area contributed by atoms with Gasteiger partial charge < -0.3 is 9.88 Å². The number of rotatable bonds is 6. The zero-order valence-electron chi connectivity index (χ0n) is 14.7. The SMILES string of the molecule is Cc1csc(=O)n1CCC(=O)NC(c1ccccc1)C1CCCCC1. The summed E-state index contributed by atoms with van der Waals surface area (Å²) in [5.74, 6) is 0.530. The van der Waals surface area contributed by atoms with E-state index < -0.39 is 0 Å². The second kappa shape index (κ2) is 8.48. The molecule has 2 aromatic rings. The number of amides is 1. The van der Waals surface area contributed by atoms with Crippen molar-refractivity contribution >= 4 is 17.2 Å². The minimum Gasteiger partial charge on any atom is -0.349 e. The van der Waals surface area contributed by atoms with Crippen LogP contribution in [0.4, 0.5) is 0 Å². The van der Waals surface area contributed by atoms with Crippen LogP contribution in [0.25, 0.3) is 0 Å². The Balaban J connectivity index is 1.67. The molecule has 1 aliphatic carbocycles. The number of carbonyl (C=O) groups excluding carboxylic acids is 1. The van der Waals surface area contributed by atoms with Crippen molar-refractivity contribution in [2.45, 2.75) is 58.0 Å². The average molecular weight is 359 g/mol. The Morgan fingerprint density at radius 3 is 2.60 bits per heavy atom. The number of aromatic nitrogens is 1. The smallest absolute Gasteiger partial charge is 0.307 e. The molecule has 3 rings (SSSR count). The molecule has 1 fully saturated rings. The number of carbonyl (C=O) groups is 1. The van der Waals surface area contributed by atoms with E-state index in [1.165, 1.54) is 49.0 Å². The van der Waals surface area contributed by atoms with Gasteiger partial charge in [0.05, 0.1) is 6.04 Å². The highest BCUT2D eigenvalue weighted by atomic mass is 32.1. The van der Waals surface area contributed by atoms with Crippen LogP contribution in [-0.4, -0.2) is 10.5 Å². The van der Waals surface area contributed by atoms with Gasteiger partial charge in [0.2, 0.25) is 5.91 Å². The fourth-order valence-corrected chi connectivity index (χ4v) is 4.50. The van der Waals surface area contributed by atoms with Gasteiger partial charge in [-0.05, 0) is 31.2 Å². The van der Waals surface area contributed by atoms with Crippen LogP contribution in [0.2, 0.25) is 0 Å². The Kier molecular flexibility index (Phi) is 6.08. The molecule has 134 valence electrons. The van der Waals surface area contributed by atoms with Gasteiger partial charge in [-0.2, -0.15) is 0 Å². The van der Waals surface area contributed by atoms with E-state index in [2.05, 4.69) is 17.4 Å². The summed E-state index contributed by atoms with van der Waals surface area (Å²) in [6, 6.07) is 10.4. The first-order chi connectivity index (χ1) is 12.1. The van der Waals surface area contributed by atoms with Crippen molar-refractivity contribution in [3.8, 4) is 0 Å². The van der Waals surface area contributed by atoms with Gasteiger partial charge in [-0.1, -0.05) is 60.9 Å². The third-order valence-corrected chi connectivity index (χ3v) is 6.02. The van der Waals surface area contributed by atoms with Gasteiger partial charge >= 0.3 is 4.87 Å². The minimum absolute atomic E-state index is 0.0113. The Hall–Kier alpha value is -1.88. The quantitative estimate of drug-likeness (QED) is 0.847. The van der Waals surface area contributed by atoms with Gasteiger partial charge in [0.25, 0.3) is 0 Å². The number of benzene rings is 1. The first-order valence-corrected chi connectivity index (χ1v) is 10.0. The lowest BCUT2D eigenvalue weighted by Gasteiger charge is -2.31. The highest BCUT2D eigenvalue weighted by molar-refractivity contribution is 7.07. The van der Waals surface area contributed by atoms with Gasteiger partial charge in [-0.25, -0.2) is 0 Å². The molecule has 1 saturated carbocycles. The van der Waals surface area contributed by atoms with Crippen LogP contribution < -0.4 is 10.2 Å². The molecule has 1 aliphatic rings. The number of hydrogen-bond donors (Lipinski definition) is 1. The molecule has 0 saturated heterocycles. The second-order valence-corrected chi connectivity index (χ2v) is 7.72. The van der Waals surface area contributed by atoms with Crippen LogP contribution in [0, 0.1) is 12.8 Å². The van der Waals surface area contributed by atoms with E-state index in [0.717, 1.165) is 5.69 Å². The maximum Gasteiger partial charge on any atom is 0.307 e. The van der Waals surface area contributed by atoms with Crippen LogP contribution in [0.1, 0.15) is 55.8 Å². The predicted molar refractivity (Wildman–Crippen MR) is 102 cm³/mol. The lowest BCUT2D eigenvalue weighted by Crippen LogP contribution is -2.35. The van der Waals surface area contributed by atoms with E-state index in [4.69, 9.17) is 0 Å². The van der Waals surface area contributed by atoms with Crippen LogP contribution >= 0.6 is 11.3 Å². The zero-order valence-corrected chi connectivity index (χ0v) is 15.6. The summed E-state index contributed by atoms with van der Waals surface area (Å²) >= 11 is 1.19. The summed E-state index contributed by atoms with van der Waals surface area (Å²) in [4.78, 5) is 24.4. The molecule has 1 aromatic carbocycles. The molecule has 1 heterocycles. The normalized spacial score (nSPS) is 16.5. The van der Waals surface area contributed by atoms with E-state index >= 15 is 0 Å². The number of thiazole rings is 1. The van der Waals surface area contributed by atoms with Crippen molar-refractivity contribution < 1.29 is 4.79 Å². The number of nitrogens with zero attached hydrogens (tertiary/aromatic N) is 1. The highest BCUT2D eigenvalue weighted by Crippen LogP contribution is 2.34. The maximum atomic E-state index is 12.6. The number of nitrogens with one attached hydrogen (secondary N) is 1. The average Bonchev–Trinajstić information content (AvgIpc) is 2.97. The molecule has 1 unspecified atom stereocenters. The molecule has 0 bridgehead atoms. The van der Waals surface area contributed by atoms with E-state index in [1.807, 2.05) is 30.5 Å². The first-order valence-electron chi connectivity index (χ1n) is 9.14. The van der Waals surface area contributed by atoms with E-state index in [1.54, 1.807) is 4.57 Å². The molecule has 4 nitrogen and oxygen atoms in total. The Labute approximate surface area is 152 Å². The lowest BCUT2D eigenvalue weighted by molar-refractivity contribution is -0.122. The minimum atomic E-state index is 0.0113. The highest BCUT2D eigenvalue weighted by Gasteiger charge is 2.26. The third-order valence-electron chi connectivity index (χ3n) is 5.14. The third kappa shape index (κ3) is 4.60. The second-order valence-electron chi connectivity index (χ2n) is 6.90. The maximum absolute atomic E-state index is 12.6. The largest absolute Gasteiger partial charge is 0.349 e. The van der Waals surface area contributed by atoms with Crippen LogP contribution in [0.3, 0.4) is 0 Å². The van der Waals surface area contributed by atoms with Crippen molar-refractivity contribution in [1.82, 2.24) is 9.88 Å². The molecule has 25 heavy (non-hydrogen) atoms. The fourth-order valence-electron chi connectivity index (χ4n) is 3.73. The van der Waals surface area contributed by atoms with Gasteiger partial charge in [-0.3, -0.25) is 9.59 Å². The summed E-state index contributed by atoms with van der Waals surface area (Å²) in [5.41, 5.74) is 2.11. The molecule has 1 amide bonds. The van der Waals surface area contributed by atoms with Gasteiger partial charge in [-0.15, -0.1) is 0 Å². The molecule has 1 aromatic heterocycles.